The van der Waals surface area contributed by atoms with Crippen molar-refractivity contribution in [2.75, 3.05) is 31.6 Å². The Bertz CT molecular complexity index is 575. The summed E-state index contributed by atoms with van der Waals surface area (Å²) in [7, 11) is 0. The van der Waals surface area contributed by atoms with Crippen molar-refractivity contribution in [3.63, 3.8) is 0 Å². The summed E-state index contributed by atoms with van der Waals surface area (Å²) >= 11 is 0. The lowest BCUT2D eigenvalue weighted by Crippen LogP contribution is -2.38. The van der Waals surface area contributed by atoms with Gasteiger partial charge in [-0.25, -0.2) is 4.79 Å². The van der Waals surface area contributed by atoms with Crippen molar-refractivity contribution in [2.24, 2.45) is 5.92 Å². The zero-order valence-electron chi connectivity index (χ0n) is 13.4. The molecule has 1 aromatic carbocycles. The van der Waals surface area contributed by atoms with Gasteiger partial charge in [-0.05, 0) is 30.9 Å². The minimum Gasteiger partial charge on any atom is -0.465 e. The number of amides is 2. The second kappa shape index (κ2) is 7.63. The third kappa shape index (κ3) is 4.24. The number of piperidine rings is 1. The van der Waals surface area contributed by atoms with Crippen molar-refractivity contribution in [2.45, 2.75) is 25.6 Å². The summed E-state index contributed by atoms with van der Waals surface area (Å²) in [5.74, 6) is 0.199. The number of nitrogens with one attached hydrogen (secondary N) is 1. The summed E-state index contributed by atoms with van der Waals surface area (Å²) in [4.78, 5) is 24.4. The lowest BCUT2D eigenvalue weighted by molar-refractivity contribution is -0.117. The maximum atomic E-state index is 12.1. The molecular weight excluding hydrogens is 312 g/mol. The van der Waals surface area contributed by atoms with E-state index in [4.69, 9.17) is 14.6 Å². The molecule has 0 aromatic heterocycles. The number of carboxylic acid groups (broad SMARTS) is 1. The number of nitrogens with zero attached hydrogens (tertiary/aromatic N) is 1. The van der Waals surface area contributed by atoms with Crippen LogP contribution in [0.25, 0.3) is 0 Å². The molecule has 2 saturated heterocycles. The van der Waals surface area contributed by atoms with Crippen LogP contribution in [-0.4, -0.2) is 48.3 Å². The number of hydrogen-bond donors (Lipinski definition) is 2. The average Bonchev–Trinajstić information content (AvgIpc) is 3.10. The second-order valence-corrected chi connectivity index (χ2v) is 6.16. The van der Waals surface area contributed by atoms with Crippen LogP contribution in [0.4, 0.5) is 10.5 Å². The normalized spacial score (nSPS) is 19.4. The molecule has 0 unspecified atom stereocenters. The standard InChI is InChI=1S/C17H22N2O5/c20-15(11-12-5-7-19(8-6-12)17(21)22)18-14-3-1-13(2-4-14)16-23-9-10-24-16/h1-4,12,16H,5-11H2,(H,18,20)(H,21,22). The highest BCUT2D eigenvalue weighted by molar-refractivity contribution is 5.90. The molecule has 2 aliphatic heterocycles. The molecule has 24 heavy (non-hydrogen) atoms. The van der Waals surface area contributed by atoms with E-state index >= 15 is 0 Å². The molecule has 2 heterocycles. The molecule has 2 amide bonds. The zero-order chi connectivity index (χ0) is 16.9. The first-order valence-corrected chi connectivity index (χ1v) is 8.23. The van der Waals surface area contributed by atoms with E-state index < -0.39 is 6.09 Å². The minimum absolute atomic E-state index is 0.0371. The smallest absolute Gasteiger partial charge is 0.407 e. The van der Waals surface area contributed by atoms with Gasteiger partial charge < -0.3 is 24.8 Å². The molecule has 0 atom stereocenters. The topological polar surface area (TPSA) is 88.1 Å². The molecule has 0 spiro atoms. The van der Waals surface area contributed by atoms with Crippen LogP contribution in [0.15, 0.2) is 24.3 Å². The van der Waals surface area contributed by atoms with Gasteiger partial charge in [0.2, 0.25) is 5.91 Å². The fourth-order valence-corrected chi connectivity index (χ4v) is 3.08. The molecule has 7 nitrogen and oxygen atoms in total. The third-order valence-corrected chi connectivity index (χ3v) is 4.45. The van der Waals surface area contributed by atoms with Crippen LogP contribution in [0.3, 0.4) is 0 Å². The van der Waals surface area contributed by atoms with Gasteiger partial charge in [0.15, 0.2) is 6.29 Å². The van der Waals surface area contributed by atoms with Gasteiger partial charge in [-0.3, -0.25) is 4.79 Å². The predicted octanol–water partition coefficient (Wildman–Crippen LogP) is 2.45. The summed E-state index contributed by atoms with van der Waals surface area (Å²) in [6, 6.07) is 7.45. The molecule has 2 fully saturated rings. The number of carbonyl (C=O) groups excluding carboxylic acids is 1. The molecular formula is C17H22N2O5. The minimum atomic E-state index is -0.881. The van der Waals surface area contributed by atoms with Crippen LogP contribution in [0, 0.1) is 5.92 Å². The molecule has 2 aliphatic rings. The molecule has 0 bridgehead atoms. The van der Waals surface area contributed by atoms with Crippen molar-refractivity contribution in [1.29, 1.82) is 0 Å². The molecule has 0 radical (unpaired) electrons. The Morgan fingerprint density at radius 2 is 1.75 bits per heavy atom. The van der Waals surface area contributed by atoms with E-state index in [1.165, 1.54) is 4.90 Å². The second-order valence-electron chi connectivity index (χ2n) is 6.16. The molecule has 130 valence electrons. The molecule has 1 aromatic rings. The number of benzene rings is 1. The lowest BCUT2D eigenvalue weighted by Gasteiger charge is -2.29. The van der Waals surface area contributed by atoms with Crippen LogP contribution >= 0.6 is 0 Å². The quantitative estimate of drug-likeness (QED) is 0.883. The monoisotopic (exact) mass is 334 g/mol. The Labute approximate surface area is 140 Å². The van der Waals surface area contributed by atoms with E-state index in [0.717, 1.165) is 24.1 Å². The SMILES string of the molecule is O=C(CC1CCN(C(=O)O)CC1)Nc1ccc(C2OCCO2)cc1. The van der Waals surface area contributed by atoms with E-state index in [9.17, 15) is 9.59 Å². The fraction of sp³-hybridized carbons (Fsp3) is 0.529. The number of hydrogen-bond acceptors (Lipinski definition) is 4. The van der Waals surface area contributed by atoms with Crippen molar-refractivity contribution >= 4 is 17.7 Å². The maximum absolute atomic E-state index is 12.1. The molecule has 7 heteroatoms. The van der Waals surface area contributed by atoms with E-state index in [2.05, 4.69) is 5.32 Å². The average molecular weight is 334 g/mol. The van der Waals surface area contributed by atoms with E-state index in [0.29, 0.717) is 32.7 Å². The summed E-state index contributed by atoms with van der Waals surface area (Å²) in [6.07, 6.45) is 0.691. The van der Waals surface area contributed by atoms with E-state index in [1.54, 1.807) is 0 Å². The van der Waals surface area contributed by atoms with Crippen molar-refractivity contribution in [3.05, 3.63) is 29.8 Å². The first kappa shape index (κ1) is 16.7. The summed E-state index contributed by atoms with van der Waals surface area (Å²) in [5, 5.41) is 11.8. The highest BCUT2D eigenvalue weighted by Gasteiger charge is 2.24. The largest absolute Gasteiger partial charge is 0.465 e. The van der Waals surface area contributed by atoms with Gasteiger partial charge in [0.1, 0.15) is 0 Å². The fourth-order valence-electron chi connectivity index (χ4n) is 3.08. The molecule has 3 rings (SSSR count). The van der Waals surface area contributed by atoms with Crippen molar-refractivity contribution in [3.8, 4) is 0 Å². The van der Waals surface area contributed by atoms with Crippen molar-refractivity contribution < 1.29 is 24.2 Å². The van der Waals surface area contributed by atoms with E-state index in [1.807, 2.05) is 24.3 Å². The Morgan fingerprint density at radius 1 is 1.12 bits per heavy atom. The van der Waals surface area contributed by atoms with Gasteiger partial charge in [0.05, 0.1) is 13.2 Å². The Hall–Kier alpha value is -2.12. The zero-order valence-corrected chi connectivity index (χ0v) is 13.4. The Balaban J connectivity index is 1.46. The summed E-state index contributed by atoms with van der Waals surface area (Å²) < 4.78 is 10.9. The van der Waals surface area contributed by atoms with Crippen LogP contribution in [0.2, 0.25) is 0 Å². The van der Waals surface area contributed by atoms with Gasteiger partial charge in [0.25, 0.3) is 0 Å². The molecule has 0 aliphatic carbocycles. The highest BCUT2D eigenvalue weighted by Crippen LogP contribution is 2.25. The molecule has 0 saturated carbocycles. The Kier molecular flexibility index (Phi) is 5.32. The number of anilines is 1. The van der Waals surface area contributed by atoms with Crippen LogP contribution in [-0.2, 0) is 14.3 Å². The number of rotatable bonds is 4. The lowest BCUT2D eigenvalue weighted by atomic mass is 9.93. The van der Waals surface area contributed by atoms with Gasteiger partial charge in [-0.2, -0.15) is 0 Å². The van der Waals surface area contributed by atoms with Crippen molar-refractivity contribution in [1.82, 2.24) is 4.90 Å². The summed E-state index contributed by atoms with van der Waals surface area (Å²) in [6.45, 7) is 2.21. The maximum Gasteiger partial charge on any atom is 0.407 e. The summed E-state index contributed by atoms with van der Waals surface area (Å²) in [5.41, 5.74) is 1.68. The first-order valence-electron chi connectivity index (χ1n) is 8.23. The van der Waals surface area contributed by atoms with Gasteiger partial charge in [0, 0.05) is 30.8 Å². The van der Waals surface area contributed by atoms with E-state index in [-0.39, 0.29) is 18.1 Å². The van der Waals surface area contributed by atoms with Crippen LogP contribution in [0.1, 0.15) is 31.1 Å². The van der Waals surface area contributed by atoms with Crippen LogP contribution in [0.5, 0.6) is 0 Å². The number of likely N-dealkylation sites (tertiary alicyclic amines) is 1. The Morgan fingerprint density at radius 3 is 2.33 bits per heavy atom. The number of carbonyl (C=O) groups is 2. The molecule has 2 N–H and O–H groups in total. The third-order valence-electron chi connectivity index (χ3n) is 4.45. The first-order chi connectivity index (χ1) is 11.6. The van der Waals surface area contributed by atoms with Crippen LogP contribution < -0.4 is 5.32 Å². The number of ether oxygens (including phenoxy) is 2. The van der Waals surface area contributed by atoms with Gasteiger partial charge >= 0.3 is 6.09 Å². The van der Waals surface area contributed by atoms with Gasteiger partial charge in [-0.1, -0.05) is 12.1 Å². The van der Waals surface area contributed by atoms with Gasteiger partial charge in [-0.15, -0.1) is 0 Å². The highest BCUT2D eigenvalue weighted by atomic mass is 16.7. The predicted molar refractivity (Wildman–Crippen MR) is 86.7 cm³/mol.